The summed E-state index contributed by atoms with van der Waals surface area (Å²) in [5, 5.41) is 2.55. The van der Waals surface area contributed by atoms with Crippen molar-refractivity contribution in [2.75, 3.05) is 0 Å². The summed E-state index contributed by atoms with van der Waals surface area (Å²) in [6.45, 7) is 0.439. The molecule has 1 N–H and O–H groups in total. The van der Waals surface area contributed by atoms with E-state index in [1.807, 2.05) is 42.7 Å². The molecule has 3 nitrogen and oxygen atoms in total. The molecule has 0 bridgehead atoms. The topological polar surface area (TPSA) is 42.1 Å². The highest BCUT2D eigenvalue weighted by Gasteiger charge is 2.18. The Kier molecular flexibility index (Phi) is 3.02. The number of nitrogens with one attached hydrogen (secondary N) is 1. The highest BCUT2D eigenvalue weighted by Crippen LogP contribution is 2.18. The van der Waals surface area contributed by atoms with Gasteiger partial charge in [-0.1, -0.05) is 42.5 Å². The SMILES string of the molecule is O=C1OCc2ccccc21.c1ccc2c[nH]cc2c1. The van der Waals surface area contributed by atoms with Crippen LogP contribution in [0.1, 0.15) is 15.9 Å². The Morgan fingerprint density at radius 1 is 0.895 bits per heavy atom. The van der Waals surface area contributed by atoms with E-state index in [4.69, 9.17) is 4.74 Å². The fourth-order valence-electron chi connectivity index (χ4n) is 2.06. The number of hydrogen-bond donors (Lipinski definition) is 1. The number of benzene rings is 2. The van der Waals surface area contributed by atoms with Gasteiger partial charge in [-0.25, -0.2) is 4.79 Å². The van der Waals surface area contributed by atoms with Gasteiger partial charge >= 0.3 is 5.97 Å². The van der Waals surface area contributed by atoms with E-state index in [0.717, 1.165) is 5.56 Å². The number of cyclic esters (lactones) is 1. The van der Waals surface area contributed by atoms with Crippen molar-refractivity contribution in [1.29, 1.82) is 0 Å². The van der Waals surface area contributed by atoms with Gasteiger partial charge in [0.1, 0.15) is 6.61 Å². The molecule has 1 aliphatic rings. The molecule has 0 atom stereocenters. The highest BCUT2D eigenvalue weighted by molar-refractivity contribution is 5.93. The lowest BCUT2D eigenvalue weighted by molar-refractivity contribution is 0.0535. The maximum absolute atomic E-state index is 10.8. The number of aromatic nitrogens is 1. The molecule has 0 fully saturated rings. The van der Waals surface area contributed by atoms with Crippen LogP contribution in [0.15, 0.2) is 60.9 Å². The second kappa shape index (κ2) is 4.98. The quantitative estimate of drug-likeness (QED) is 0.621. The Hall–Kier alpha value is -2.55. The summed E-state index contributed by atoms with van der Waals surface area (Å²) in [6.07, 6.45) is 3.99. The first-order valence-corrected chi connectivity index (χ1v) is 6.11. The number of aromatic amines is 1. The van der Waals surface area contributed by atoms with Crippen molar-refractivity contribution < 1.29 is 9.53 Å². The molecular weight excluding hydrogens is 238 g/mol. The molecule has 2 aromatic carbocycles. The van der Waals surface area contributed by atoms with E-state index in [-0.39, 0.29) is 5.97 Å². The van der Waals surface area contributed by atoms with E-state index >= 15 is 0 Å². The van der Waals surface area contributed by atoms with E-state index in [1.54, 1.807) is 6.07 Å². The molecule has 19 heavy (non-hydrogen) atoms. The van der Waals surface area contributed by atoms with Crippen molar-refractivity contribution in [3.8, 4) is 0 Å². The zero-order valence-electron chi connectivity index (χ0n) is 10.3. The largest absolute Gasteiger partial charge is 0.457 e. The molecule has 0 amide bonds. The molecule has 4 rings (SSSR count). The standard InChI is InChI=1S/C8H7N.C8H6O2/c1-2-4-8-6-9-5-7(8)3-1;9-8-7-4-2-1-3-6(7)5-10-8/h1-6,9H;1-4H,5H2. The molecule has 3 heteroatoms. The van der Waals surface area contributed by atoms with Gasteiger partial charge in [0.25, 0.3) is 0 Å². The molecule has 0 saturated heterocycles. The van der Waals surface area contributed by atoms with Gasteiger partial charge in [0.05, 0.1) is 5.56 Å². The van der Waals surface area contributed by atoms with Gasteiger partial charge in [-0.3, -0.25) is 0 Å². The highest BCUT2D eigenvalue weighted by atomic mass is 16.5. The van der Waals surface area contributed by atoms with Crippen LogP contribution in [0.4, 0.5) is 0 Å². The Morgan fingerprint density at radius 2 is 1.53 bits per heavy atom. The molecule has 2 heterocycles. The van der Waals surface area contributed by atoms with E-state index in [9.17, 15) is 4.79 Å². The predicted molar refractivity (Wildman–Crippen MR) is 73.9 cm³/mol. The van der Waals surface area contributed by atoms with E-state index in [0.29, 0.717) is 12.2 Å². The Balaban J connectivity index is 0.000000117. The van der Waals surface area contributed by atoms with Gasteiger partial charge < -0.3 is 9.72 Å². The molecular formula is C16H13NO2. The monoisotopic (exact) mass is 251 g/mol. The lowest BCUT2D eigenvalue weighted by Gasteiger charge is -1.87. The average molecular weight is 251 g/mol. The molecule has 1 aliphatic heterocycles. The van der Waals surface area contributed by atoms with Crippen LogP contribution in [-0.2, 0) is 11.3 Å². The van der Waals surface area contributed by atoms with Crippen molar-refractivity contribution >= 4 is 16.7 Å². The second-order valence-electron chi connectivity index (χ2n) is 4.32. The van der Waals surface area contributed by atoms with Crippen molar-refractivity contribution in [2.45, 2.75) is 6.61 Å². The smallest absolute Gasteiger partial charge is 0.338 e. The summed E-state index contributed by atoms with van der Waals surface area (Å²) in [5.74, 6) is -0.199. The van der Waals surface area contributed by atoms with Crippen molar-refractivity contribution in [2.24, 2.45) is 0 Å². The molecule has 0 saturated carbocycles. The zero-order valence-corrected chi connectivity index (χ0v) is 10.3. The molecule has 0 aliphatic carbocycles. The number of ether oxygens (including phenoxy) is 1. The third-order valence-corrected chi connectivity index (χ3v) is 3.07. The molecule has 0 radical (unpaired) electrons. The normalized spacial score (nSPS) is 12.5. The van der Waals surface area contributed by atoms with Crippen LogP contribution >= 0.6 is 0 Å². The minimum Gasteiger partial charge on any atom is -0.457 e. The summed E-state index contributed by atoms with van der Waals surface area (Å²) in [5.41, 5.74) is 1.70. The molecule has 0 spiro atoms. The number of carbonyl (C=O) groups is 1. The van der Waals surface area contributed by atoms with Crippen LogP contribution in [0.3, 0.4) is 0 Å². The zero-order chi connectivity index (χ0) is 13.1. The van der Waals surface area contributed by atoms with Crippen molar-refractivity contribution in [3.63, 3.8) is 0 Å². The molecule has 3 aromatic rings. The lowest BCUT2D eigenvalue weighted by Crippen LogP contribution is -1.91. The number of esters is 1. The number of hydrogen-bond acceptors (Lipinski definition) is 2. The van der Waals surface area contributed by atoms with E-state index in [1.165, 1.54) is 10.8 Å². The van der Waals surface area contributed by atoms with Crippen LogP contribution in [0.25, 0.3) is 10.8 Å². The summed E-state index contributed by atoms with van der Waals surface area (Å²) in [6, 6.07) is 15.7. The maximum atomic E-state index is 10.8. The van der Waals surface area contributed by atoms with Crippen molar-refractivity contribution in [1.82, 2.24) is 4.98 Å². The first kappa shape index (κ1) is 11.5. The summed E-state index contributed by atoms with van der Waals surface area (Å²) < 4.78 is 4.78. The predicted octanol–water partition coefficient (Wildman–Crippen LogP) is 3.52. The van der Waals surface area contributed by atoms with E-state index < -0.39 is 0 Å². The Bertz CT molecular complexity index is 685. The number of carbonyl (C=O) groups excluding carboxylic acids is 1. The van der Waals surface area contributed by atoms with Crippen LogP contribution in [0, 0.1) is 0 Å². The summed E-state index contributed by atoms with van der Waals surface area (Å²) >= 11 is 0. The van der Waals surface area contributed by atoms with Crippen molar-refractivity contribution in [3.05, 3.63) is 72.1 Å². The average Bonchev–Trinajstić information content (AvgIpc) is 3.07. The van der Waals surface area contributed by atoms with Crippen LogP contribution in [0.5, 0.6) is 0 Å². The van der Waals surface area contributed by atoms with Gasteiger partial charge in [0, 0.05) is 18.0 Å². The fraction of sp³-hybridized carbons (Fsp3) is 0.0625. The van der Waals surface area contributed by atoms with Gasteiger partial charge in [-0.2, -0.15) is 0 Å². The molecule has 0 unspecified atom stereocenters. The minimum atomic E-state index is -0.199. The number of H-pyrrole nitrogens is 1. The second-order valence-corrected chi connectivity index (χ2v) is 4.32. The first-order chi connectivity index (χ1) is 9.34. The first-order valence-electron chi connectivity index (χ1n) is 6.11. The minimum absolute atomic E-state index is 0.199. The summed E-state index contributed by atoms with van der Waals surface area (Å²) in [7, 11) is 0. The third kappa shape index (κ3) is 2.36. The third-order valence-electron chi connectivity index (χ3n) is 3.07. The Labute approximate surface area is 110 Å². The fourth-order valence-corrected chi connectivity index (χ4v) is 2.06. The van der Waals surface area contributed by atoms with Gasteiger partial charge in [-0.15, -0.1) is 0 Å². The van der Waals surface area contributed by atoms with Gasteiger partial charge in [0.15, 0.2) is 0 Å². The van der Waals surface area contributed by atoms with E-state index in [2.05, 4.69) is 17.1 Å². The number of rotatable bonds is 0. The Morgan fingerprint density at radius 3 is 2.21 bits per heavy atom. The van der Waals surface area contributed by atoms with Crippen LogP contribution in [-0.4, -0.2) is 11.0 Å². The number of fused-ring (bicyclic) bond motifs is 2. The molecule has 94 valence electrons. The summed E-state index contributed by atoms with van der Waals surface area (Å²) in [4.78, 5) is 13.9. The lowest BCUT2D eigenvalue weighted by atomic mass is 10.1. The van der Waals surface area contributed by atoms with Gasteiger partial charge in [0.2, 0.25) is 0 Å². The van der Waals surface area contributed by atoms with Crippen LogP contribution in [0.2, 0.25) is 0 Å². The van der Waals surface area contributed by atoms with Gasteiger partial charge in [-0.05, 0) is 16.8 Å². The van der Waals surface area contributed by atoms with Crippen LogP contribution < -0.4 is 0 Å². The molecule has 1 aromatic heterocycles. The maximum Gasteiger partial charge on any atom is 0.338 e.